The van der Waals surface area contributed by atoms with E-state index in [1.807, 2.05) is 0 Å². The maximum atomic E-state index is 2.61. The van der Waals surface area contributed by atoms with Crippen molar-refractivity contribution in [1.29, 1.82) is 0 Å². The molecule has 52 heavy (non-hydrogen) atoms. The number of benzene rings is 8. The van der Waals surface area contributed by atoms with Crippen LogP contribution in [0.25, 0.3) is 54.6 Å². The molecule has 9 rings (SSSR count). The third kappa shape index (κ3) is 4.79. The van der Waals surface area contributed by atoms with Gasteiger partial charge in [-0.25, -0.2) is 0 Å². The first-order chi connectivity index (χ1) is 25.1. The van der Waals surface area contributed by atoms with E-state index < -0.39 is 16.1 Å². The zero-order valence-corrected chi connectivity index (χ0v) is 33.0. The number of fused-ring (bicyclic) bond motifs is 7. The summed E-state index contributed by atoms with van der Waals surface area (Å²) < 4.78 is 0.0889. The van der Waals surface area contributed by atoms with Crippen LogP contribution < -0.4 is 4.90 Å². The van der Waals surface area contributed by atoms with Crippen molar-refractivity contribution in [2.24, 2.45) is 0 Å². The van der Waals surface area contributed by atoms with Gasteiger partial charge in [-0.1, -0.05) is 161 Å². The van der Waals surface area contributed by atoms with E-state index in [1.165, 1.54) is 60.3 Å². The molecule has 0 spiro atoms. The van der Waals surface area contributed by atoms with Gasteiger partial charge in [-0.05, 0) is 103 Å². The lowest BCUT2D eigenvalue weighted by Gasteiger charge is -2.51. The summed E-state index contributed by atoms with van der Waals surface area (Å²) in [5.41, 5.74) is 12.1. The minimum Gasteiger partial charge on any atom is -0.310 e. The normalized spacial score (nSPS) is 13.7. The van der Waals surface area contributed by atoms with Gasteiger partial charge in [0.05, 0.1) is 21.8 Å². The number of nitrogens with zero attached hydrogens (tertiary/aromatic N) is 1. The van der Waals surface area contributed by atoms with Crippen LogP contribution in [0.15, 0.2) is 164 Å². The highest BCUT2D eigenvalue weighted by Crippen LogP contribution is 2.60. The Morgan fingerprint density at radius 2 is 0.981 bits per heavy atom. The van der Waals surface area contributed by atoms with Gasteiger partial charge < -0.3 is 4.90 Å². The molecule has 0 saturated heterocycles. The van der Waals surface area contributed by atoms with Crippen LogP contribution in [0.3, 0.4) is 0 Å². The van der Waals surface area contributed by atoms with Crippen molar-refractivity contribution in [3.05, 3.63) is 175 Å². The Morgan fingerprint density at radius 1 is 0.404 bits per heavy atom. The SMILES string of the molecule is C[Si](C)(C)C1([Si](C)(C)C)c2cc3cc(-c4ccc(N(c5ccccc5)c5ccccc5)c5ccccc45)ccc3cc2-c2c1ccc1ccccc21. The van der Waals surface area contributed by atoms with Gasteiger partial charge in [-0.15, -0.1) is 0 Å². The molecule has 0 fully saturated rings. The molecule has 254 valence electrons. The molecule has 3 heteroatoms. The summed E-state index contributed by atoms with van der Waals surface area (Å²) >= 11 is 0. The molecule has 1 aliphatic rings. The molecule has 0 bridgehead atoms. The summed E-state index contributed by atoms with van der Waals surface area (Å²) in [5, 5.41) is 7.86. The predicted molar refractivity (Wildman–Crippen MR) is 232 cm³/mol. The summed E-state index contributed by atoms with van der Waals surface area (Å²) in [6.45, 7) is 15.7. The second-order valence-corrected chi connectivity index (χ2v) is 27.6. The van der Waals surface area contributed by atoms with E-state index in [9.17, 15) is 0 Å². The number of rotatable bonds is 6. The van der Waals surface area contributed by atoms with E-state index in [-0.39, 0.29) is 4.66 Å². The Bertz CT molecular complexity index is 2590. The van der Waals surface area contributed by atoms with Crippen LogP contribution in [0.4, 0.5) is 17.1 Å². The van der Waals surface area contributed by atoms with Crippen molar-refractivity contribution in [3.63, 3.8) is 0 Å². The average Bonchev–Trinajstić information content (AvgIpc) is 3.46. The third-order valence-corrected chi connectivity index (χ3v) is 21.8. The predicted octanol–water partition coefficient (Wildman–Crippen LogP) is 14.3. The van der Waals surface area contributed by atoms with Gasteiger partial charge in [0, 0.05) is 21.4 Å². The molecule has 0 radical (unpaired) electrons. The Morgan fingerprint density at radius 3 is 1.63 bits per heavy atom. The van der Waals surface area contributed by atoms with Gasteiger partial charge >= 0.3 is 0 Å². The Kier molecular flexibility index (Phi) is 7.48. The Labute approximate surface area is 310 Å². The van der Waals surface area contributed by atoms with E-state index in [2.05, 4.69) is 208 Å². The van der Waals surface area contributed by atoms with Crippen LogP contribution >= 0.6 is 0 Å². The average molecular weight is 704 g/mol. The van der Waals surface area contributed by atoms with Gasteiger partial charge in [-0.3, -0.25) is 0 Å². The molecular formula is C49H45NSi2. The van der Waals surface area contributed by atoms with Gasteiger partial charge in [-0.2, -0.15) is 0 Å². The first kappa shape index (κ1) is 32.7. The molecule has 8 aromatic carbocycles. The highest BCUT2D eigenvalue weighted by molar-refractivity contribution is 6.99. The summed E-state index contributed by atoms with van der Waals surface area (Å²) in [6, 6.07) is 61.2. The molecule has 0 aliphatic heterocycles. The van der Waals surface area contributed by atoms with Gasteiger partial charge in [0.25, 0.3) is 0 Å². The second-order valence-electron chi connectivity index (χ2n) is 16.6. The van der Waals surface area contributed by atoms with Crippen LogP contribution in [0, 0.1) is 0 Å². The number of anilines is 3. The van der Waals surface area contributed by atoms with Crippen LogP contribution in [0.5, 0.6) is 0 Å². The molecule has 0 heterocycles. The quantitative estimate of drug-likeness (QED) is 0.156. The smallest absolute Gasteiger partial charge is 0.0579 e. The lowest BCUT2D eigenvalue weighted by molar-refractivity contribution is 0.955. The fourth-order valence-corrected chi connectivity index (χ4v) is 23.1. The standard InChI is InChI=1S/C49H45NSi2/c1-51(2,3)49(52(4,5)6)45-29-27-34-17-13-14-22-41(34)48(45)44-32-35-25-26-36(31-37(35)33-46(44)49)40-28-30-47(43-24-16-15-23-42(40)43)50(38-18-9-7-10-19-38)39-20-11-8-12-21-39/h7-33H,1-6H3. The molecule has 0 N–H and O–H groups in total. The number of para-hydroxylation sites is 2. The second kappa shape index (κ2) is 11.9. The first-order valence-corrected chi connectivity index (χ1v) is 25.6. The van der Waals surface area contributed by atoms with Gasteiger partial charge in [0.2, 0.25) is 0 Å². The van der Waals surface area contributed by atoms with E-state index in [0.717, 1.165) is 11.4 Å². The van der Waals surface area contributed by atoms with Crippen LogP contribution in [0.2, 0.25) is 39.3 Å². The van der Waals surface area contributed by atoms with Crippen molar-refractivity contribution in [3.8, 4) is 22.3 Å². The van der Waals surface area contributed by atoms with Gasteiger partial charge in [0.1, 0.15) is 0 Å². The zero-order valence-electron chi connectivity index (χ0n) is 31.0. The van der Waals surface area contributed by atoms with Crippen molar-refractivity contribution >= 4 is 65.5 Å². The lowest BCUT2D eigenvalue weighted by atomic mass is 9.93. The molecule has 1 nitrogen and oxygen atoms in total. The van der Waals surface area contributed by atoms with Crippen molar-refractivity contribution < 1.29 is 0 Å². The molecule has 8 aromatic rings. The molecule has 0 saturated carbocycles. The minimum absolute atomic E-state index is 0.0889. The van der Waals surface area contributed by atoms with E-state index in [1.54, 1.807) is 11.1 Å². The zero-order chi connectivity index (χ0) is 35.8. The van der Waals surface area contributed by atoms with Crippen molar-refractivity contribution in [2.75, 3.05) is 4.90 Å². The summed E-state index contributed by atoms with van der Waals surface area (Å²) in [4.78, 5) is 2.38. The maximum Gasteiger partial charge on any atom is 0.0579 e. The van der Waals surface area contributed by atoms with Crippen molar-refractivity contribution in [2.45, 2.75) is 43.9 Å². The minimum atomic E-state index is -1.82. The van der Waals surface area contributed by atoms with Crippen LogP contribution in [-0.4, -0.2) is 16.1 Å². The largest absolute Gasteiger partial charge is 0.310 e. The monoisotopic (exact) mass is 703 g/mol. The van der Waals surface area contributed by atoms with E-state index >= 15 is 0 Å². The summed E-state index contributed by atoms with van der Waals surface area (Å²) in [7, 11) is -3.63. The van der Waals surface area contributed by atoms with Crippen LogP contribution in [-0.2, 0) is 4.66 Å². The number of hydrogen-bond donors (Lipinski definition) is 0. The fourth-order valence-electron chi connectivity index (χ4n) is 10.1. The molecule has 1 aliphatic carbocycles. The molecule has 0 aromatic heterocycles. The molecule has 0 atom stereocenters. The maximum absolute atomic E-state index is 2.61. The Hall–Kier alpha value is -5.23. The van der Waals surface area contributed by atoms with Gasteiger partial charge in [0.15, 0.2) is 0 Å². The molecule has 0 unspecified atom stereocenters. The molecular weight excluding hydrogens is 659 g/mol. The molecule has 0 amide bonds. The van der Waals surface area contributed by atoms with Crippen LogP contribution in [0.1, 0.15) is 11.1 Å². The third-order valence-electron chi connectivity index (χ3n) is 11.7. The topological polar surface area (TPSA) is 3.24 Å². The van der Waals surface area contributed by atoms with Crippen molar-refractivity contribution in [1.82, 2.24) is 0 Å². The lowest BCUT2D eigenvalue weighted by Crippen LogP contribution is -2.63. The highest BCUT2D eigenvalue weighted by Gasteiger charge is 2.59. The summed E-state index contributed by atoms with van der Waals surface area (Å²) in [5.74, 6) is 0. The number of hydrogen-bond acceptors (Lipinski definition) is 1. The first-order valence-electron chi connectivity index (χ1n) is 18.6. The van der Waals surface area contributed by atoms with E-state index in [0.29, 0.717) is 0 Å². The summed E-state index contributed by atoms with van der Waals surface area (Å²) in [6.07, 6.45) is 0. The van der Waals surface area contributed by atoms with E-state index in [4.69, 9.17) is 0 Å². The highest BCUT2D eigenvalue weighted by atomic mass is 28.4. The fraction of sp³-hybridized carbons (Fsp3) is 0.143. The Balaban J connectivity index is 1.26.